The molecule has 1 aliphatic rings. The zero-order chi connectivity index (χ0) is 15.5. The van der Waals surface area contributed by atoms with Gasteiger partial charge in [0.15, 0.2) is 0 Å². The first-order chi connectivity index (χ1) is 9.99. The molecule has 1 fully saturated rings. The Balaban J connectivity index is 2.06. The molecule has 1 N–H and O–H groups in total. The van der Waals surface area contributed by atoms with Crippen molar-refractivity contribution in [2.45, 2.75) is 47.0 Å². The van der Waals surface area contributed by atoms with Crippen molar-refractivity contribution >= 4 is 11.6 Å². The van der Waals surface area contributed by atoms with Crippen LogP contribution in [0.2, 0.25) is 0 Å². The number of rotatable bonds is 4. The second-order valence-electron chi connectivity index (χ2n) is 6.52. The average molecular weight is 288 g/mol. The van der Waals surface area contributed by atoms with Crippen LogP contribution in [0, 0.1) is 12.3 Å². The molecule has 3 heteroatoms. The van der Waals surface area contributed by atoms with Crippen molar-refractivity contribution in [3.05, 3.63) is 29.3 Å². The molecule has 116 valence electrons. The van der Waals surface area contributed by atoms with Crippen LogP contribution in [0.1, 0.15) is 56.0 Å². The maximum Gasteiger partial charge on any atom is 0.253 e. The van der Waals surface area contributed by atoms with E-state index >= 15 is 0 Å². The molecule has 1 aromatic rings. The lowest BCUT2D eigenvalue weighted by atomic mass is 9.78. The molecule has 21 heavy (non-hydrogen) atoms. The molecule has 0 aromatic heterocycles. The minimum Gasteiger partial charge on any atom is -0.385 e. The first-order valence-electron chi connectivity index (χ1n) is 8.13. The Morgan fingerprint density at radius 2 is 1.95 bits per heavy atom. The number of nitrogens with one attached hydrogen (secondary N) is 1. The summed E-state index contributed by atoms with van der Waals surface area (Å²) < 4.78 is 0. The lowest BCUT2D eigenvalue weighted by Gasteiger charge is -2.39. The third-order valence-electron chi connectivity index (χ3n) is 4.95. The Bertz CT molecular complexity index is 502. The number of likely N-dealkylation sites (tertiary alicyclic amines) is 1. The second kappa shape index (κ2) is 6.50. The summed E-state index contributed by atoms with van der Waals surface area (Å²) in [5, 5.41) is 3.31. The molecule has 0 bridgehead atoms. The molecule has 1 amide bonds. The topological polar surface area (TPSA) is 32.3 Å². The molecule has 0 aliphatic carbocycles. The van der Waals surface area contributed by atoms with E-state index in [0.717, 1.165) is 49.3 Å². The fourth-order valence-electron chi connectivity index (χ4n) is 2.97. The number of amides is 1. The number of aryl methyl sites for hydroxylation is 1. The molecule has 0 radical (unpaired) electrons. The first kappa shape index (κ1) is 15.9. The Labute approximate surface area is 128 Å². The normalized spacial score (nSPS) is 17.6. The van der Waals surface area contributed by atoms with Gasteiger partial charge in [-0.1, -0.05) is 20.3 Å². The second-order valence-corrected chi connectivity index (χ2v) is 6.52. The van der Waals surface area contributed by atoms with Crippen molar-refractivity contribution in [1.29, 1.82) is 0 Å². The van der Waals surface area contributed by atoms with E-state index < -0.39 is 0 Å². The van der Waals surface area contributed by atoms with Gasteiger partial charge in [0.05, 0.1) is 0 Å². The highest BCUT2D eigenvalue weighted by molar-refractivity contribution is 5.95. The predicted octanol–water partition coefficient (Wildman–Crippen LogP) is 4.08. The monoisotopic (exact) mass is 288 g/mol. The third-order valence-corrected chi connectivity index (χ3v) is 4.95. The smallest absolute Gasteiger partial charge is 0.253 e. The van der Waals surface area contributed by atoms with Crippen LogP contribution in [-0.4, -0.2) is 30.4 Å². The van der Waals surface area contributed by atoms with E-state index in [1.807, 2.05) is 23.1 Å². The van der Waals surface area contributed by atoms with Crippen LogP contribution in [0.25, 0.3) is 0 Å². The van der Waals surface area contributed by atoms with Gasteiger partial charge in [-0.3, -0.25) is 4.79 Å². The third kappa shape index (κ3) is 3.58. The number of benzene rings is 1. The number of anilines is 1. The van der Waals surface area contributed by atoms with E-state index in [4.69, 9.17) is 0 Å². The number of carbonyl (C=O) groups is 1. The minimum absolute atomic E-state index is 0.180. The van der Waals surface area contributed by atoms with Gasteiger partial charge >= 0.3 is 0 Å². The molecule has 1 saturated heterocycles. The van der Waals surface area contributed by atoms with E-state index in [0.29, 0.717) is 5.41 Å². The van der Waals surface area contributed by atoms with Crippen LogP contribution in [0.15, 0.2) is 18.2 Å². The van der Waals surface area contributed by atoms with Crippen LogP contribution in [0.3, 0.4) is 0 Å². The molecule has 1 aliphatic heterocycles. The highest BCUT2D eigenvalue weighted by Gasteiger charge is 2.30. The molecule has 0 spiro atoms. The van der Waals surface area contributed by atoms with Crippen LogP contribution >= 0.6 is 0 Å². The van der Waals surface area contributed by atoms with Crippen LogP contribution in [0.5, 0.6) is 0 Å². The molecule has 1 heterocycles. The van der Waals surface area contributed by atoms with Gasteiger partial charge < -0.3 is 10.2 Å². The van der Waals surface area contributed by atoms with Crippen molar-refractivity contribution in [3.63, 3.8) is 0 Å². The summed E-state index contributed by atoms with van der Waals surface area (Å²) >= 11 is 0. The zero-order valence-corrected chi connectivity index (χ0v) is 13.8. The average Bonchev–Trinajstić information content (AvgIpc) is 2.49. The summed E-state index contributed by atoms with van der Waals surface area (Å²) in [4.78, 5) is 14.6. The summed E-state index contributed by atoms with van der Waals surface area (Å²) in [7, 11) is 0. The van der Waals surface area contributed by atoms with Crippen molar-refractivity contribution in [2.75, 3.05) is 25.0 Å². The fraction of sp³-hybridized carbons (Fsp3) is 0.611. The van der Waals surface area contributed by atoms with Crippen LogP contribution < -0.4 is 5.32 Å². The Morgan fingerprint density at radius 1 is 1.29 bits per heavy atom. The van der Waals surface area contributed by atoms with E-state index in [1.165, 1.54) is 6.42 Å². The van der Waals surface area contributed by atoms with Gasteiger partial charge in [-0.05, 0) is 55.9 Å². The van der Waals surface area contributed by atoms with E-state index in [9.17, 15) is 4.79 Å². The molecular formula is C18H28N2O. The molecule has 0 unspecified atom stereocenters. The number of carbonyl (C=O) groups excluding carboxylic acids is 1. The molecule has 3 nitrogen and oxygen atoms in total. The van der Waals surface area contributed by atoms with Crippen molar-refractivity contribution < 1.29 is 4.79 Å². The van der Waals surface area contributed by atoms with Crippen LogP contribution in [-0.2, 0) is 0 Å². The SMILES string of the molecule is CCNc1ccc(C(=O)N2CCC(C)(CC)CC2)cc1C. The minimum atomic E-state index is 0.180. The van der Waals surface area contributed by atoms with Crippen LogP contribution in [0.4, 0.5) is 5.69 Å². The van der Waals surface area contributed by atoms with Gasteiger partial charge in [-0.2, -0.15) is 0 Å². The Hall–Kier alpha value is -1.51. The Morgan fingerprint density at radius 3 is 2.48 bits per heavy atom. The summed E-state index contributed by atoms with van der Waals surface area (Å²) in [6, 6.07) is 5.97. The van der Waals surface area contributed by atoms with Gasteiger partial charge in [0.2, 0.25) is 0 Å². The molecule has 1 aromatic carbocycles. The van der Waals surface area contributed by atoms with Crippen molar-refractivity contribution in [1.82, 2.24) is 4.90 Å². The summed E-state index contributed by atoms with van der Waals surface area (Å²) in [6.45, 7) is 11.4. The summed E-state index contributed by atoms with van der Waals surface area (Å²) in [6.07, 6.45) is 3.43. The summed E-state index contributed by atoms with van der Waals surface area (Å²) in [5.41, 5.74) is 3.49. The molecule has 2 rings (SSSR count). The lowest BCUT2D eigenvalue weighted by Crippen LogP contribution is -2.41. The van der Waals surface area contributed by atoms with Gasteiger partial charge in [-0.15, -0.1) is 0 Å². The lowest BCUT2D eigenvalue weighted by molar-refractivity contribution is 0.0600. The quantitative estimate of drug-likeness (QED) is 0.905. The zero-order valence-electron chi connectivity index (χ0n) is 13.8. The molecular weight excluding hydrogens is 260 g/mol. The maximum atomic E-state index is 12.6. The van der Waals surface area contributed by atoms with E-state index in [2.05, 4.69) is 33.0 Å². The molecule has 0 saturated carbocycles. The number of piperidine rings is 1. The maximum absolute atomic E-state index is 12.6. The number of hydrogen-bond donors (Lipinski definition) is 1. The van der Waals surface area contributed by atoms with E-state index in [-0.39, 0.29) is 5.91 Å². The standard InChI is InChI=1S/C18H28N2O/c1-5-18(4)9-11-20(12-10-18)17(21)15-7-8-16(19-6-2)14(3)13-15/h7-8,13,19H,5-6,9-12H2,1-4H3. The highest BCUT2D eigenvalue weighted by Crippen LogP contribution is 2.34. The predicted molar refractivity (Wildman–Crippen MR) is 88.9 cm³/mol. The molecule has 0 atom stereocenters. The largest absolute Gasteiger partial charge is 0.385 e. The van der Waals surface area contributed by atoms with Gasteiger partial charge in [0.25, 0.3) is 5.91 Å². The number of hydrogen-bond acceptors (Lipinski definition) is 2. The number of nitrogens with zero attached hydrogens (tertiary/aromatic N) is 1. The van der Waals surface area contributed by atoms with Gasteiger partial charge in [0.1, 0.15) is 0 Å². The van der Waals surface area contributed by atoms with E-state index in [1.54, 1.807) is 0 Å². The van der Waals surface area contributed by atoms with Crippen molar-refractivity contribution in [2.24, 2.45) is 5.41 Å². The van der Waals surface area contributed by atoms with Gasteiger partial charge in [0, 0.05) is 30.9 Å². The van der Waals surface area contributed by atoms with Gasteiger partial charge in [-0.25, -0.2) is 0 Å². The highest BCUT2D eigenvalue weighted by atomic mass is 16.2. The Kier molecular flexibility index (Phi) is 4.92. The van der Waals surface area contributed by atoms with Crippen molar-refractivity contribution in [3.8, 4) is 0 Å². The fourth-order valence-corrected chi connectivity index (χ4v) is 2.97. The summed E-state index contributed by atoms with van der Waals surface area (Å²) in [5.74, 6) is 0.180. The first-order valence-corrected chi connectivity index (χ1v) is 8.13.